The summed E-state index contributed by atoms with van der Waals surface area (Å²) in [4.78, 5) is 0. The van der Waals surface area contributed by atoms with Crippen LogP contribution in [-0.4, -0.2) is 18.3 Å². The standard InChI is InChI=1S/C11H14N4O/c1-7-3-2-4-8-9(14-15-11(12)13)5-6-16-10(7)8/h2-4H,5-6H2,1H3,(H4,12,13,15)/b14-9-. The zero-order valence-corrected chi connectivity index (χ0v) is 9.10. The second-order valence-electron chi connectivity index (χ2n) is 3.62. The maximum absolute atomic E-state index is 5.60. The van der Waals surface area contributed by atoms with Gasteiger partial charge in [0.1, 0.15) is 5.75 Å². The van der Waals surface area contributed by atoms with Crippen molar-refractivity contribution in [1.29, 1.82) is 0 Å². The molecular weight excluding hydrogens is 204 g/mol. The van der Waals surface area contributed by atoms with E-state index >= 15 is 0 Å². The molecule has 0 saturated heterocycles. The monoisotopic (exact) mass is 218 g/mol. The van der Waals surface area contributed by atoms with Crippen molar-refractivity contribution in [2.24, 2.45) is 21.7 Å². The molecule has 0 spiro atoms. The van der Waals surface area contributed by atoms with Crippen LogP contribution in [0.15, 0.2) is 28.4 Å². The fourth-order valence-electron chi connectivity index (χ4n) is 1.68. The van der Waals surface area contributed by atoms with E-state index in [2.05, 4.69) is 10.2 Å². The van der Waals surface area contributed by atoms with Gasteiger partial charge in [-0.3, -0.25) is 0 Å². The summed E-state index contributed by atoms with van der Waals surface area (Å²) < 4.78 is 5.60. The first-order valence-corrected chi connectivity index (χ1v) is 5.06. The molecule has 5 nitrogen and oxygen atoms in total. The first kappa shape index (κ1) is 10.5. The number of nitrogens with zero attached hydrogens (tertiary/aromatic N) is 2. The van der Waals surface area contributed by atoms with Gasteiger partial charge < -0.3 is 16.2 Å². The van der Waals surface area contributed by atoms with Crippen molar-refractivity contribution in [3.8, 4) is 5.75 Å². The molecule has 0 atom stereocenters. The summed E-state index contributed by atoms with van der Waals surface area (Å²) in [5, 5.41) is 7.72. The Morgan fingerprint density at radius 3 is 2.94 bits per heavy atom. The van der Waals surface area contributed by atoms with E-state index in [1.165, 1.54) is 0 Å². The highest BCUT2D eigenvalue weighted by molar-refractivity contribution is 6.04. The van der Waals surface area contributed by atoms with Crippen LogP contribution in [0, 0.1) is 6.92 Å². The SMILES string of the molecule is Cc1cccc2c1OCC/C2=N/N=C(N)N. The molecule has 0 saturated carbocycles. The quantitative estimate of drug-likeness (QED) is 0.414. The molecule has 16 heavy (non-hydrogen) atoms. The fourth-order valence-corrected chi connectivity index (χ4v) is 1.68. The van der Waals surface area contributed by atoms with Gasteiger partial charge >= 0.3 is 0 Å². The van der Waals surface area contributed by atoms with Gasteiger partial charge in [-0.2, -0.15) is 5.10 Å². The molecule has 5 heteroatoms. The van der Waals surface area contributed by atoms with Crippen molar-refractivity contribution in [3.63, 3.8) is 0 Å². The third kappa shape index (κ3) is 1.98. The summed E-state index contributed by atoms with van der Waals surface area (Å²) in [6, 6.07) is 5.93. The molecule has 0 amide bonds. The lowest BCUT2D eigenvalue weighted by Gasteiger charge is -2.19. The lowest BCUT2D eigenvalue weighted by molar-refractivity contribution is 0.318. The number of para-hydroxylation sites is 1. The minimum atomic E-state index is -0.0341. The summed E-state index contributed by atoms with van der Waals surface area (Å²) in [7, 11) is 0. The van der Waals surface area contributed by atoms with Crippen LogP contribution in [0.5, 0.6) is 5.75 Å². The zero-order valence-electron chi connectivity index (χ0n) is 9.10. The maximum atomic E-state index is 5.60. The van der Waals surface area contributed by atoms with Gasteiger partial charge in [-0.05, 0) is 18.6 Å². The van der Waals surface area contributed by atoms with Gasteiger partial charge in [-0.1, -0.05) is 12.1 Å². The smallest absolute Gasteiger partial charge is 0.211 e. The Balaban J connectivity index is 2.45. The predicted molar refractivity (Wildman–Crippen MR) is 63.6 cm³/mol. The Morgan fingerprint density at radius 2 is 2.19 bits per heavy atom. The van der Waals surface area contributed by atoms with E-state index in [-0.39, 0.29) is 5.96 Å². The van der Waals surface area contributed by atoms with E-state index in [4.69, 9.17) is 16.2 Å². The molecule has 0 aliphatic carbocycles. The Morgan fingerprint density at radius 1 is 1.38 bits per heavy atom. The number of aryl methyl sites for hydroxylation is 1. The number of benzene rings is 1. The number of hydrogen-bond donors (Lipinski definition) is 2. The molecule has 4 N–H and O–H groups in total. The van der Waals surface area contributed by atoms with E-state index in [0.717, 1.165) is 22.6 Å². The summed E-state index contributed by atoms with van der Waals surface area (Å²) in [6.07, 6.45) is 0.716. The Kier molecular flexibility index (Phi) is 2.76. The third-order valence-corrected chi connectivity index (χ3v) is 2.39. The van der Waals surface area contributed by atoms with Gasteiger partial charge in [0.15, 0.2) is 0 Å². The number of fused-ring (bicyclic) bond motifs is 1. The largest absolute Gasteiger partial charge is 0.492 e. The van der Waals surface area contributed by atoms with Crippen LogP contribution in [0.25, 0.3) is 0 Å². The molecule has 0 unspecified atom stereocenters. The topological polar surface area (TPSA) is 86.0 Å². The summed E-state index contributed by atoms with van der Waals surface area (Å²) in [6.45, 7) is 2.61. The van der Waals surface area contributed by atoms with Crippen molar-refractivity contribution < 1.29 is 4.74 Å². The molecule has 0 radical (unpaired) electrons. The first-order valence-electron chi connectivity index (χ1n) is 5.06. The van der Waals surface area contributed by atoms with Crippen LogP contribution in [0.4, 0.5) is 0 Å². The molecule has 1 aromatic carbocycles. The number of nitrogens with two attached hydrogens (primary N) is 2. The van der Waals surface area contributed by atoms with E-state index < -0.39 is 0 Å². The molecule has 84 valence electrons. The van der Waals surface area contributed by atoms with Crippen molar-refractivity contribution in [3.05, 3.63) is 29.3 Å². The van der Waals surface area contributed by atoms with Gasteiger partial charge in [0, 0.05) is 12.0 Å². The highest BCUT2D eigenvalue weighted by Gasteiger charge is 2.18. The minimum absolute atomic E-state index is 0.0341. The lowest BCUT2D eigenvalue weighted by atomic mass is 10.0. The molecule has 1 heterocycles. The number of guanidine groups is 1. The van der Waals surface area contributed by atoms with Crippen molar-refractivity contribution in [2.75, 3.05) is 6.61 Å². The molecular formula is C11H14N4O. The van der Waals surface area contributed by atoms with Crippen LogP contribution in [0.3, 0.4) is 0 Å². The second-order valence-corrected chi connectivity index (χ2v) is 3.62. The zero-order chi connectivity index (χ0) is 11.5. The molecule has 2 rings (SSSR count). The van der Waals surface area contributed by atoms with E-state index in [9.17, 15) is 0 Å². The van der Waals surface area contributed by atoms with E-state index in [0.29, 0.717) is 13.0 Å². The Labute approximate surface area is 93.8 Å². The van der Waals surface area contributed by atoms with Gasteiger partial charge in [0.05, 0.1) is 12.3 Å². The summed E-state index contributed by atoms with van der Waals surface area (Å²) in [5.41, 5.74) is 13.4. The molecule has 0 fully saturated rings. The predicted octanol–water partition coefficient (Wildman–Crippen LogP) is 0.755. The van der Waals surface area contributed by atoms with Gasteiger partial charge in [0.25, 0.3) is 0 Å². The second kappa shape index (κ2) is 4.22. The number of ether oxygens (including phenoxy) is 1. The maximum Gasteiger partial charge on any atom is 0.211 e. The number of rotatable bonds is 1. The fraction of sp³-hybridized carbons (Fsp3) is 0.273. The summed E-state index contributed by atoms with van der Waals surface area (Å²) in [5.74, 6) is 0.839. The molecule has 1 aliphatic heterocycles. The van der Waals surface area contributed by atoms with E-state index in [1.807, 2.05) is 25.1 Å². The van der Waals surface area contributed by atoms with Gasteiger partial charge in [-0.15, -0.1) is 5.10 Å². The lowest BCUT2D eigenvalue weighted by Crippen LogP contribution is -2.23. The van der Waals surface area contributed by atoms with Crippen LogP contribution < -0.4 is 16.2 Å². The molecule has 0 bridgehead atoms. The van der Waals surface area contributed by atoms with Crippen LogP contribution in [0.2, 0.25) is 0 Å². The average Bonchev–Trinajstić information content (AvgIpc) is 2.27. The highest BCUT2D eigenvalue weighted by atomic mass is 16.5. The van der Waals surface area contributed by atoms with Crippen molar-refractivity contribution in [2.45, 2.75) is 13.3 Å². The van der Waals surface area contributed by atoms with Crippen LogP contribution in [0.1, 0.15) is 17.5 Å². The van der Waals surface area contributed by atoms with Gasteiger partial charge in [-0.25, -0.2) is 0 Å². The highest BCUT2D eigenvalue weighted by Crippen LogP contribution is 2.28. The van der Waals surface area contributed by atoms with Crippen molar-refractivity contribution >= 4 is 11.7 Å². The Hall–Kier alpha value is -2.04. The first-order chi connectivity index (χ1) is 7.68. The van der Waals surface area contributed by atoms with Crippen LogP contribution in [-0.2, 0) is 0 Å². The molecule has 0 aromatic heterocycles. The number of hydrogen-bond acceptors (Lipinski definition) is 3. The Bertz CT molecular complexity index is 461. The molecule has 1 aliphatic rings. The normalized spacial score (nSPS) is 16.4. The van der Waals surface area contributed by atoms with Crippen LogP contribution >= 0.6 is 0 Å². The average molecular weight is 218 g/mol. The summed E-state index contributed by atoms with van der Waals surface area (Å²) >= 11 is 0. The molecule has 1 aromatic rings. The van der Waals surface area contributed by atoms with Crippen molar-refractivity contribution in [1.82, 2.24) is 0 Å². The van der Waals surface area contributed by atoms with E-state index in [1.54, 1.807) is 0 Å². The minimum Gasteiger partial charge on any atom is -0.492 e. The van der Waals surface area contributed by atoms with Gasteiger partial charge in [0.2, 0.25) is 5.96 Å². The third-order valence-electron chi connectivity index (χ3n) is 2.39.